The molecule has 1 saturated heterocycles. The Labute approximate surface area is 479 Å². The van der Waals surface area contributed by atoms with Crippen LogP contribution >= 0.6 is 22.7 Å². The zero-order chi connectivity index (χ0) is 58.8. The molecule has 1 fully saturated rings. The number of nitrogens with one attached hydrogen (secondary N) is 3. The number of amides is 6. The second kappa shape index (κ2) is 26.9. The van der Waals surface area contributed by atoms with Gasteiger partial charge in [-0.15, -0.1) is 17.9 Å². The summed E-state index contributed by atoms with van der Waals surface area (Å²) in [4.78, 5) is 105. The van der Waals surface area contributed by atoms with Crippen molar-refractivity contribution in [3.8, 4) is 0 Å². The van der Waals surface area contributed by atoms with Gasteiger partial charge in [-0.2, -0.15) is 0 Å². The van der Waals surface area contributed by atoms with Crippen LogP contribution in [0.2, 0.25) is 0 Å². The number of allylic oxidation sites excluding steroid dienone is 3. The van der Waals surface area contributed by atoms with E-state index in [4.69, 9.17) is 30.8 Å². The zero-order valence-electron chi connectivity index (χ0n) is 47.3. The first-order valence-corrected chi connectivity index (χ1v) is 28.9. The number of rotatable bonds is 28. The van der Waals surface area contributed by atoms with E-state index in [1.165, 1.54) is 22.7 Å². The Balaban J connectivity index is 1.09. The first kappa shape index (κ1) is 60.5. The number of primary amides is 1. The van der Waals surface area contributed by atoms with Crippen molar-refractivity contribution in [2.75, 3.05) is 11.9 Å². The maximum Gasteiger partial charge on any atom is 0.269 e. The van der Waals surface area contributed by atoms with Crippen molar-refractivity contribution in [2.24, 2.45) is 28.3 Å². The number of fused-ring (bicyclic) bond motifs is 2. The molecule has 1 aliphatic heterocycles. The molecule has 3 atom stereocenters. The first-order chi connectivity index (χ1) is 38.6. The smallest absolute Gasteiger partial charge is 0.269 e. The van der Waals surface area contributed by atoms with E-state index in [1.54, 1.807) is 31.3 Å². The Morgan fingerprint density at radius 2 is 1.64 bits per heavy atom. The minimum Gasteiger partial charge on any atom is -0.439 e. The standard InChI is InChI=1S/C59H73N13O7S2/c1-12-15-23-45(67-48(73)31-72-49(74)29-42(32(4)5)57(72)78)55(76)63-35(8)33(6)21-17-16-18-22-39-26-40(53(61)75)27-46-50(39)70(58(68-46)69-56(77)52-44(14-3)66-38(11)80-52)24-19-20-25-71-54-47(28-41(30-62-54)34(7)60)81-59(71)64-36(9)51-43(13-2)65-37(10)79-51/h12,19-20,26-28,30,32,35,42,45H,1,6-7,9,13-18,21-25,29,31,60H2,2-5,8,10-11H3,(H2,61,75)(H,63,76)(H,67,73)(H,68,69,77)/b20-19+,64-59?/t35-,42?,45?/m0/s1. The third-order valence-electron chi connectivity index (χ3n) is 14.2. The van der Waals surface area contributed by atoms with Gasteiger partial charge < -0.3 is 31.1 Å². The van der Waals surface area contributed by atoms with Gasteiger partial charge in [0, 0.05) is 61.4 Å². The number of anilines is 1. The predicted octanol–water partition coefficient (Wildman–Crippen LogP) is 8.39. The Morgan fingerprint density at radius 1 is 0.914 bits per heavy atom. The van der Waals surface area contributed by atoms with E-state index >= 15 is 0 Å². The minimum atomic E-state index is -0.926. The van der Waals surface area contributed by atoms with Crippen LogP contribution in [0.5, 0.6) is 0 Å². The predicted molar refractivity (Wildman–Crippen MR) is 318 cm³/mol. The number of aromatic nitrogens is 6. The van der Waals surface area contributed by atoms with Gasteiger partial charge in [0.2, 0.25) is 35.5 Å². The molecule has 0 aliphatic carbocycles. The number of unbranched alkanes of at least 4 members (excludes halogenated alkanes) is 2. The number of carbonyl (C=O) groups excluding carboxylic acids is 6. The lowest BCUT2D eigenvalue weighted by molar-refractivity contribution is -0.143. The second-order valence-corrected chi connectivity index (χ2v) is 22.7. The van der Waals surface area contributed by atoms with Gasteiger partial charge in [0.1, 0.15) is 23.2 Å². The maximum atomic E-state index is 14.1. The lowest BCUT2D eigenvalue weighted by Gasteiger charge is -2.23. The molecule has 5 aromatic heterocycles. The number of likely N-dealkylation sites (tertiary alicyclic amines) is 1. The molecule has 0 spiro atoms. The fraction of sp³-hybridized carbons (Fsp3) is 0.407. The molecule has 0 radical (unpaired) electrons. The van der Waals surface area contributed by atoms with Crippen molar-refractivity contribution in [3.05, 3.63) is 129 Å². The summed E-state index contributed by atoms with van der Waals surface area (Å²) in [6.07, 6.45) is 12.6. The molecule has 2 unspecified atom stereocenters. The van der Waals surface area contributed by atoms with Crippen LogP contribution in [-0.4, -0.2) is 88.0 Å². The van der Waals surface area contributed by atoms with Gasteiger partial charge in [-0.25, -0.2) is 24.9 Å². The van der Waals surface area contributed by atoms with Crippen LogP contribution in [0.3, 0.4) is 0 Å². The van der Waals surface area contributed by atoms with Gasteiger partial charge in [0.25, 0.3) is 5.91 Å². The first-order valence-electron chi connectivity index (χ1n) is 27.2. The summed E-state index contributed by atoms with van der Waals surface area (Å²) in [7, 11) is 0. The van der Waals surface area contributed by atoms with Gasteiger partial charge in [-0.05, 0) is 94.9 Å². The molecule has 1 aliphatic rings. The number of thiazole rings is 2. The molecule has 428 valence electrons. The van der Waals surface area contributed by atoms with Crippen LogP contribution in [0.1, 0.15) is 139 Å². The average molecular weight is 1140 g/mol. The van der Waals surface area contributed by atoms with Crippen molar-refractivity contribution in [1.82, 2.24) is 44.6 Å². The molecule has 1 aromatic carbocycles. The average Bonchev–Trinajstić information content (AvgIpc) is 4.21. The molecule has 0 saturated carbocycles. The van der Waals surface area contributed by atoms with E-state index in [1.807, 2.05) is 68.9 Å². The summed E-state index contributed by atoms with van der Waals surface area (Å²) in [6.45, 7) is 29.5. The van der Waals surface area contributed by atoms with Crippen molar-refractivity contribution in [1.29, 1.82) is 0 Å². The molecule has 6 heterocycles. The molecular formula is C59H73N13O7S2. The Bertz CT molecular complexity index is 3550. The summed E-state index contributed by atoms with van der Waals surface area (Å²) in [6, 6.07) is 3.99. The van der Waals surface area contributed by atoms with Gasteiger partial charge in [0.15, 0.2) is 22.1 Å². The number of hydrogen-bond acceptors (Lipinski definition) is 15. The monoisotopic (exact) mass is 1140 g/mol. The largest absolute Gasteiger partial charge is 0.439 e. The third kappa shape index (κ3) is 14.4. The highest BCUT2D eigenvalue weighted by Gasteiger charge is 2.41. The molecule has 81 heavy (non-hydrogen) atoms. The summed E-state index contributed by atoms with van der Waals surface area (Å²) in [5.41, 5.74) is 18.7. The van der Waals surface area contributed by atoms with Gasteiger partial charge in [-0.3, -0.25) is 43.6 Å². The van der Waals surface area contributed by atoms with E-state index in [2.05, 4.69) is 52.2 Å². The fourth-order valence-corrected chi connectivity index (χ4v) is 11.6. The van der Waals surface area contributed by atoms with Crippen LogP contribution in [0.15, 0.2) is 83.9 Å². The van der Waals surface area contributed by atoms with Crippen molar-refractivity contribution < 1.29 is 33.2 Å². The number of nitrogens with zero attached hydrogens (tertiary/aromatic N) is 8. The normalized spacial score (nSPS) is 14.6. The quantitative estimate of drug-likeness (QED) is 0.0176. The lowest BCUT2D eigenvalue weighted by Crippen LogP contribution is -2.52. The molecule has 0 bridgehead atoms. The number of imide groups is 1. The van der Waals surface area contributed by atoms with Crippen LogP contribution in [0, 0.1) is 25.7 Å². The van der Waals surface area contributed by atoms with E-state index < -0.39 is 48.2 Å². The summed E-state index contributed by atoms with van der Waals surface area (Å²) in [5.74, 6) is -1.98. The highest BCUT2D eigenvalue weighted by molar-refractivity contribution is 7.16. The second-order valence-electron chi connectivity index (χ2n) is 20.5. The number of benzene rings is 1. The number of hydrogen-bond donors (Lipinski definition) is 5. The summed E-state index contributed by atoms with van der Waals surface area (Å²) < 4.78 is 10.7. The third-order valence-corrected chi connectivity index (χ3v) is 16.2. The highest BCUT2D eigenvalue weighted by atomic mass is 32.1. The Kier molecular flexibility index (Phi) is 20.1. The number of pyridine rings is 1. The number of aryl methyl sites for hydroxylation is 5. The molecule has 20 nitrogen and oxygen atoms in total. The van der Waals surface area contributed by atoms with Crippen LogP contribution in [0.4, 0.5) is 5.95 Å². The number of nitrogens with two attached hydrogens (primary N) is 2. The van der Waals surface area contributed by atoms with Gasteiger partial charge in [-0.1, -0.05) is 89.0 Å². The molecule has 22 heteroatoms. The van der Waals surface area contributed by atoms with Crippen molar-refractivity contribution in [3.63, 3.8) is 0 Å². The topological polar surface area (TPSA) is 281 Å². The van der Waals surface area contributed by atoms with E-state index in [0.717, 1.165) is 49.8 Å². The van der Waals surface area contributed by atoms with Crippen LogP contribution in [0.25, 0.3) is 32.8 Å². The van der Waals surface area contributed by atoms with Gasteiger partial charge >= 0.3 is 0 Å². The van der Waals surface area contributed by atoms with Gasteiger partial charge in [0.05, 0.1) is 32.1 Å². The summed E-state index contributed by atoms with van der Waals surface area (Å²) in [5, 5.41) is 9.54. The van der Waals surface area contributed by atoms with E-state index in [0.29, 0.717) is 100 Å². The molecule has 6 amide bonds. The van der Waals surface area contributed by atoms with Crippen molar-refractivity contribution in [2.45, 2.75) is 138 Å². The number of oxazole rings is 1. The SMILES string of the molecule is C=CCCC(NC(=O)CN1C(=O)CC(C(C)C)C1=O)C(=O)N[C@@H](C)C(=C)CCCCCc1cc(C(N)=O)cc2nc(NC(=O)c3sc(C)nc3CC)n(C/C=C/Cn3c(=NC(=C)c4oc(C)nc4CC)sc4cc(C(=C)N)cnc43)c12. The minimum absolute atomic E-state index is 0.0463. The van der Waals surface area contributed by atoms with Crippen LogP contribution in [-0.2, 0) is 51.5 Å². The Morgan fingerprint density at radius 3 is 2.31 bits per heavy atom. The highest BCUT2D eigenvalue weighted by Crippen LogP contribution is 2.30. The van der Waals surface area contributed by atoms with Crippen molar-refractivity contribution >= 4 is 96.8 Å². The maximum absolute atomic E-state index is 14.1. The molecule has 7 N–H and O–H groups in total. The van der Waals surface area contributed by atoms with Crippen LogP contribution < -0.4 is 32.2 Å². The number of imidazole rings is 1. The lowest BCUT2D eigenvalue weighted by atomic mass is 9.94. The number of carbonyl (C=O) groups is 6. The molecule has 7 rings (SSSR count). The Hall–Kier alpha value is -8.11. The van der Waals surface area contributed by atoms with E-state index in [-0.39, 0.29) is 48.6 Å². The fourth-order valence-electron chi connectivity index (χ4n) is 9.66. The molecular weight excluding hydrogens is 1070 g/mol. The zero-order valence-corrected chi connectivity index (χ0v) is 48.9. The summed E-state index contributed by atoms with van der Waals surface area (Å²) >= 11 is 2.73. The van der Waals surface area contributed by atoms with E-state index in [9.17, 15) is 28.8 Å². The molecule has 6 aromatic rings.